The Morgan fingerprint density at radius 3 is 1.65 bits per heavy atom. The van der Waals surface area contributed by atoms with Gasteiger partial charge in [0, 0.05) is 25.7 Å². The van der Waals surface area contributed by atoms with Crippen molar-refractivity contribution in [2.75, 3.05) is 13.2 Å². The molecule has 0 spiro atoms. The monoisotopic (exact) mass is 280 g/mol. The van der Waals surface area contributed by atoms with Gasteiger partial charge in [0.1, 0.15) is 19.0 Å². The van der Waals surface area contributed by atoms with E-state index in [0.29, 0.717) is 50.7 Å². The van der Waals surface area contributed by atoms with Gasteiger partial charge in [-0.1, -0.05) is 0 Å². The smallest absolute Gasteiger partial charge is 0.184 e. The van der Waals surface area contributed by atoms with Crippen LogP contribution in [0.5, 0.6) is 0 Å². The molecule has 0 atom stereocenters. The molecule has 5 nitrogen and oxygen atoms in total. The quantitative estimate of drug-likeness (QED) is 0.751. The lowest BCUT2D eigenvalue weighted by atomic mass is 10.1. The van der Waals surface area contributed by atoms with E-state index < -0.39 is 0 Å². The van der Waals surface area contributed by atoms with Crippen LogP contribution in [0.2, 0.25) is 0 Å². The lowest BCUT2D eigenvalue weighted by Crippen LogP contribution is -2.17. The van der Waals surface area contributed by atoms with E-state index in [1.165, 1.54) is 0 Å². The van der Waals surface area contributed by atoms with Gasteiger partial charge in [-0.15, -0.1) is 0 Å². The first-order valence-electron chi connectivity index (χ1n) is 7.21. The van der Waals surface area contributed by atoms with Crippen LogP contribution < -0.4 is 0 Å². The maximum absolute atomic E-state index is 11.9. The molecule has 112 valence electrons. The van der Waals surface area contributed by atoms with Gasteiger partial charge in [-0.2, -0.15) is 0 Å². The zero-order valence-electron chi connectivity index (χ0n) is 12.9. The summed E-state index contributed by atoms with van der Waals surface area (Å²) in [6.45, 7) is 9.32. The van der Waals surface area contributed by atoms with Crippen molar-refractivity contribution in [3.05, 3.63) is 0 Å². The van der Waals surface area contributed by atoms with Crippen LogP contribution in [-0.2, 0) is 14.3 Å². The number of aliphatic imine (C=N–C) groups is 2. The van der Waals surface area contributed by atoms with Crippen LogP contribution in [0.15, 0.2) is 9.98 Å². The summed E-state index contributed by atoms with van der Waals surface area (Å²) in [5.74, 6) is 1.62. The molecule has 0 aromatic heterocycles. The fourth-order valence-electron chi connectivity index (χ4n) is 2.20. The van der Waals surface area contributed by atoms with E-state index >= 15 is 0 Å². The largest absolute Gasteiger partial charge is 0.478 e. The van der Waals surface area contributed by atoms with E-state index in [-0.39, 0.29) is 16.9 Å². The van der Waals surface area contributed by atoms with Gasteiger partial charge in [0.25, 0.3) is 0 Å². The Labute approximate surface area is 120 Å². The Bertz CT molecular complexity index is 410. The molecule has 0 saturated heterocycles. The third-order valence-corrected chi connectivity index (χ3v) is 3.27. The molecule has 20 heavy (non-hydrogen) atoms. The van der Waals surface area contributed by atoms with Crippen LogP contribution in [0.1, 0.15) is 53.4 Å². The van der Waals surface area contributed by atoms with Crippen molar-refractivity contribution in [2.24, 2.45) is 9.98 Å². The second-order valence-corrected chi connectivity index (χ2v) is 6.75. The van der Waals surface area contributed by atoms with Crippen LogP contribution in [0, 0.1) is 0 Å². The number of hydrogen-bond acceptors (Lipinski definition) is 5. The topological polar surface area (TPSA) is 60.2 Å². The summed E-state index contributed by atoms with van der Waals surface area (Å²) in [5, 5.41) is 0. The van der Waals surface area contributed by atoms with Gasteiger partial charge in [-0.3, -0.25) is 4.79 Å². The van der Waals surface area contributed by atoms with Crippen molar-refractivity contribution < 1.29 is 14.3 Å². The van der Waals surface area contributed by atoms with Crippen molar-refractivity contribution in [1.29, 1.82) is 0 Å². The molecule has 0 amide bonds. The molecular formula is C15H24N2O3. The number of ether oxygens (including phenoxy) is 2. The fourth-order valence-corrected chi connectivity index (χ4v) is 2.20. The van der Waals surface area contributed by atoms with Crippen LogP contribution >= 0.6 is 0 Å². The highest BCUT2D eigenvalue weighted by Gasteiger charge is 2.27. The van der Waals surface area contributed by atoms with Gasteiger partial charge in [0.2, 0.25) is 0 Å². The summed E-state index contributed by atoms with van der Waals surface area (Å²) in [6, 6.07) is 0. The zero-order valence-corrected chi connectivity index (χ0v) is 12.9. The Kier molecular flexibility index (Phi) is 4.16. The van der Waals surface area contributed by atoms with Gasteiger partial charge >= 0.3 is 0 Å². The van der Waals surface area contributed by atoms with Crippen molar-refractivity contribution in [2.45, 2.75) is 64.5 Å². The van der Waals surface area contributed by atoms with E-state index in [9.17, 15) is 4.79 Å². The van der Waals surface area contributed by atoms with Crippen LogP contribution in [0.25, 0.3) is 0 Å². The summed E-state index contributed by atoms with van der Waals surface area (Å²) in [7, 11) is 0. The molecule has 0 N–H and O–H groups in total. The molecule has 0 aliphatic carbocycles. The second-order valence-electron chi connectivity index (χ2n) is 6.75. The van der Waals surface area contributed by atoms with Gasteiger partial charge in [0.15, 0.2) is 11.8 Å². The van der Waals surface area contributed by atoms with Crippen LogP contribution in [0.3, 0.4) is 0 Å². The second kappa shape index (κ2) is 5.54. The molecule has 2 aliphatic heterocycles. The molecule has 0 radical (unpaired) electrons. The van der Waals surface area contributed by atoms with Gasteiger partial charge in [0.05, 0.1) is 11.1 Å². The normalized spacial score (nSPS) is 22.8. The average molecular weight is 280 g/mol. The molecule has 0 saturated carbocycles. The van der Waals surface area contributed by atoms with E-state index in [1.807, 2.05) is 27.7 Å². The van der Waals surface area contributed by atoms with Crippen molar-refractivity contribution in [3.8, 4) is 0 Å². The maximum Gasteiger partial charge on any atom is 0.184 e. The summed E-state index contributed by atoms with van der Waals surface area (Å²) in [5.41, 5.74) is -0.285. The Morgan fingerprint density at radius 1 is 0.950 bits per heavy atom. The molecule has 2 rings (SSSR count). The SMILES string of the molecule is CC1(C)COC(CCC(=O)CCC2=NC(C)(C)CO2)=N1. The fraction of sp³-hybridized carbons (Fsp3) is 0.800. The maximum atomic E-state index is 11.9. The number of Topliss-reactive ketones (excluding diaryl/α,β-unsaturated/α-hetero) is 1. The highest BCUT2D eigenvalue weighted by Crippen LogP contribution is 2.20. The molecule has 0 aromatic carbocycles. The van der Waals surface area contributed by atoms with E-state index in [1.54, 1.807) is 0 Å². The van der Waals surface area contributed by atoms with E-state index in [4.69, 9.17) is 9.47 Å². The minimum Gasteiger partial charge on any atom is -0.478 e. The first-order valence-corrected chi connectivity index (χ1v) is 7.21. The summed E-state index contributed by atoms with van der Waals surface area (Å²) in [4.78, 5) is 20.7. The standard InChI is InChI=1S/C15H24N2O3/c1-14(2)9-19-12(16-14)7-5-11(18)6-8-13-17-15(3,4)10-20-13/h5-10H2,1-4H3. The number of ketones is 1. The highest BCUT2D eigenvalue weighted by molar-refractivity contribution is 5.88. The zero-order chi connectivity index (χ0) is 14.8. The number of carbonyl (C=O) groups is 1. The Morgan fingerprint density at radius 2 is 1.35 bits per heavy atom. The molecule has 2 aliphatic rings. The summed E-state index contributed by atoms with van der Waals surface area (Å²) >= 11 is 0. The predicted octanol–water partition coefficient (Wildman–Crippen LogP) is 2.53. The van der Waals surface area contributed by atoms with E-state index in [0.717, 1.165) is 0 Å². The van der Waals surface area contributed by atoms with Gasteiger partial charge < -0.3 is 9.47 Å². The molecule has 5 heteroatoms. The van der Waals surface area contributed by atoms with Crippen molar-refractivity contribution in [3.63, 3.8) is 0 Å². The number of rotatable bonds is 6. The highest BCUT2D eigenvalue weighted by atomic mass is 16.5. The molecule has 0 bridgehead atoms. The predicted molar refractivity (Wildman–Crippen MR) is 78.4 cm³/mol. The third-order valence-electron chi connectivity index (χ3n) is 3.27. The number of carbonyl (C=O) groups excluding carboxylic acids is 1. The minimum atomic E-state index is -0.142. The van der Waals surface area contributed by atoms with Gasteiger partial charge in [-0.05, 0) is 27.7 Å². The minimum absolute atomic E-state index is 0.142. The average Bonchev–Trinajstić information content (AvgIpc) is 2.86. The first-order chi connectivity index (χ1) is 9.26. The third kappa shape index (κ3) is 4.32. The summed E-state index contributed by atoms with van der Waals surface area (Å²) in [6.07, 6.45) is 2.15. The number of hydrogen-bond donors (Lipinski definition) is 0. The molecule has 2 heterocycles. The van der Waals surface area contributed by atoms with E-state index in [2.05, 4.69) is 9.98 Å². The van der Waals surface area contributed by atoms with Crippen molar-refractivity contribution >= 4 is 17.6 Å². The Hall–Kier alpha value is -1.39. The van der Waals surface area contributed by atoms with Crippen LogP contribution in [0.4, 0.5) is 0 Å². The lowest BCUT2D eigenvalue weighted by Gasteiger charge is -2.07. The lowest BCUT2D eigenvalue weighted by molar-refractivity contribution is -0.118. The molecule has 0 unspecified atom stereocenters. The first kappa shape index (κ1) is 15.0. The van der Waals surface area contributed by atoms with Gasteiger partial charge in [-0.25, -0.2) is 9.98 Å². The number of nitrogens with zero attached hydrogens (tertiary/aromatic N) is 2. The summed E-state index contributed by atoms with van der Waals surface area (Å²) < 4.78 is 10.9. The van der Waals surface area contributed by atoms with Crippen molar-refractivity contribution in [1.82, 2.24) is 0 Å². The molecule has 0 aromatic rings. The Balaban J connectivity index is 1.69. The molecule has 0 fully saturated rings. The van der Waals surface area contributed by atoms with Crippen LogP contribution in [-0.4, -0.2) is 41.9 Å². The molecular weight excluding hydrogens is 256 g/mol.